The molecule has 0 bridgehead atoms. The fourth-order valence-corrected chi connectivity index (χ4v) is 17.8. The summed E-state index contributed by atoms with van der Waals surface area (Å²) in [5, 5.41) is 0. The van der Waals surface area contributed by atoms with Crippen LogP contribution in [0.25, 0.3) is 0 Å². The monoisotopic (exact) mass is 1420 g/mol. The SMILES string of the molecule is CC(C)(C)c1ccc(Oc2ccc([S+](c3ccc(C(C)(C)C)cc3)c3ccc(C(C)(C)C)cc3)cc2)cc1.CC(C)(C)c1ccc([S+](c2ccc(Oc3ccccc3)cc2)c2ccc(C(C)(C)C)cc2)cc1.Cc1ccc(Oc2ccc([S+](c3ccccc3)c3ccc(C(C)(C)C)cc3)cc2)cc1. The number of hydrogen-bond donors (Lipinski definition) is 0. The van der Waals surface area contributed by atoms with Gasteiger partial charge in [0.15, 0.2) is 44.1 Å². The molecule has 12 aromatic rings. The summed E-state index contributed by atoms with van der Waals surface area (Å²) in [6.45, 7) is 42.7. The summed E-state index contributed by atoms with van der Waals surface area (Å²) in [5.74, 6) is 5.13. The van der Waals surface area contributed by atoms with E-state index in [-0.39, 0.29) is 65.2 Å². The zero-order valence-corrected chi connectivity index (χ0v) is 66.8. The van der Waals surface area contributed by atoms with Crippen molar-refractivity contribution in [2.75, 3.05) is 0 Å². The van der Waals surface area contributed by atoms with E-state index >= 15 is 0 Å². The summed E-state index contributed by atoms with van der Waals surface area (Å²) in [6.07, 6.45) is 0. The zero-order chi connectivity index (χ0) is 73.9. The zero-order valence-electron chi connectivity index (χ0n) is 64.3. The maximum absolute atomic E-state index is 6.20. The Bertz CT molecular complexity index is 4470. The molecular weight excluding hydrogens is 1310 g/mol. The lowest BCUT2D eigenvalue weighted by atomic mass is 9.87. The summed E-state index contributed by atoms with van der Waals surface area (Å²) in [7, 11) is -0.566. The van der Waals surface area contributed by atoms with Crippen LogP contribution in [0.1, 0.15) is 164 Å². The van der Waals surface area contributed by atoms with Crippen molar-refractivity contribution in [3.05, 3.63) is 342 Å². The van der Waals surface area contributed by atoms with E-state index in [4.69, 9.17) is 14.2 Å². The second-order valence-electron chi connectivity index (χ2n) is 32.7. The van der Waals surface area contributed by atoms with Gasteiger partial charge >= 0.3 is 0 Å². The van der Waals surface area contributed by atoms with Crippen LogP contribution >= 0.6 is 0 Å². The lowest BCUT2D eigenvalue weighted by Gasteiger charge is -2.20. The van der Waals surface area contributed by atoms with Gasteiger partial charge < -0.3 is 14.2 Å². The third kappa shape index (κ3) is 21.2. The van der Waals surface area contributed by atoms with Gasteiger partial charge in [0.05, 0.1) is 32.7 Å². The van der Waals surface area contributed by atoms with Crippen LogP contribution in [0.3, 0.4) is 0 Å². The number of rotatable bonds is 15. The molecule has 0 aliphatic rings. The minimum absolute atomic E-state index is 0.131. The molecule has 0 saturated carbocycles. The van der Waals surface area contributed by atoms with Crippen LogP contribution < -0.4 is 14.2 Å². The molecule has 6 heteroatoms. The van der Waals surface area contributed by atoms with E-state index in [0.717, 1.165) is 34.5 Å². The van der Waals surface area contributed by atoms with E-state index in [1.54, 1.807) is 0 Å². The molecule has 0 aromatic heterocycles. The van der Waals surface area contributed by atoms with Crippen molar-refractivity contribution in [3.63, 3.8) is 0 Å². The quantitative estimate of drug-likeness (QED) is 0.0958. The molecule has 0 fully saturated rings. The first-order valence-corrected chi connectivity index (χ1v) is 39.8. The Kier molecular flexibility index (Phi) is 24.4. The van der Waals surface area contributed by atoms with Crippen molar-refractivity contribution >= 4 is 32.7 Å². The van der Waals surface area contributed by atoms with Crippen molar-refractivity contribution in [3.8, 4) is 34.5 Å². The average Bonchev–Trinajstić information content (AvgIpc) is 0.804. The Balaban J connectivity index is 0.000000167. The lowest BCUT2D eigenvalue weighted by Crippen LogP contribution is -2.13. The predicted octanol–water partition coefficient (Wildman–Crippen LogP) is 27.8. The molecule has 0 heterocycles. The summed E-state index contributed by atoms with van der Waals surface area (Å²) >= 11 is 0. The molecule has 0 saturated heterocycles. The maximum atomic E-state index is 6.20. The summed E-state index contributed by atoms with van der Waals surface area (Å²) in [6, 6.07) is 109. The molecule has 0 N–H and O–H groups in total. The van der Waals surface area contributed by atoms with Gasteiger partial charge in [-0.15, -0.1) is 0 Å². The first kappa shape index (κ1) is 76.7. The van der Waals surface area contributed by atoms with E-state index < -0.39 is 0 Å². The first-order valence-electron chi connectivity index (χ1n) is 36.1. The van der Waals surface area contributed by atoms with Gasteiger partial charge in [0.25, 0.3) is 0 Å². The molecule has 0 radical (unpaired) electrons. The highest BCUT2D eigenvalue weighted by molar-refractivity contribution is 7.97. The molecule has 3 nitrogen and oxygen atoms in total. The van der Waals surface area contributed by atoms with Gasteiger partial charge in [0.1, 0.15) is 34.5 Å². The Labute approximate surface area is 627 Å². The lowest BCUT2D eigenvalue weighted by molar-refractivity contribution is 0.481. The maximum Gasteiger partial charge on any atom is 0.166 e. The third-order valence-corrected chi connectivity index (χ3v) is 24.8. The van der Waals surface area contributed by atoms with Crippen LogP contribution in [0.4, 0.5) is 0 Å². The van der Waals surface area contributed by atoms with Crippen LogP contribution in [0.15, 0.2) is 347 Å². The number of ether oxygens (including phenoxy) is 3. The predicted molar refractivity (Wildman–Crippen MR) is 441 cm³/mol. The van der Waals surface area contributed by atoms with Crippen LogP contribution in [-0.4, -0.2) is 0 Å². The number of aryl methyl sites for hydroxylation is 1. The molecule has 1 unspecified atom stereocenters. The van der Waals surface area contributed by atoms with Crippen molar-refractivity contribution < 1.29 is 14.2 Å². The molecular formula is C97H107O3S3+3. The van der Waals surface area contributed by atoms with Crippen molar-refractivity contribution in [2.24, 2.45) is 0 Å². The third-order valence-electron chi connectivity index (χ3n) is 18.1. The van der Waals surface area contributed by atoms with Crippen LogP contribution in [0.2, 0.25) is 0 Å². The highest BCUT2D eigenvalue weighted by Gasteiger charge is 2.34. The molecule has 0 spiro atoms. The Morgan fingerprint density at radius 3 is 0.515 bits per heavy atom. The fraction of sp³-hybridized carbons (Fsp3) is 0.258. The van der Waals surface area contributed by atoms with Gasteiger partial charge in [-0.05, 0) is 255 Å². The molecule has 528 valence electrons. The number of benzene rings is 12. The first-order chi connectivity index (χ1) is 48.7. The van der Waals surface area contributed by atoms with E-state index in [9.17, 15) is 0 Å². The normalized spacial score (nSPS) is 12.4. The molecule has 103 heavy (non-hydrogen) atoms. The highest BCUT2D eigenvalue weighted by atomic mass is 32.2. The second kappa shape index (κ2) is 32.8. The van der Waals surface area contributed by atoms with Gasteiger partial charge in [0, 0.05) is 0 Å². The minimum atomic E-state index is -0.208. The number of hydrogen-bond acceptors (Lipinski definition) is 3. The molecule has 0 aliphatic heterocycles. The van der Waals surface area contributed by atoms with Gasteiger partial charge in [-0.25, -0.2) is 0 Å². The Morgan fingerprint density at radius 2 is 0.311 bits per heavy atom. The largest absolute Gasteiger partial charge is 0.457 e. The van der Waals surface area contributed by atoms with Crippen LogP contribution in [0.5, 0.6) is 34.5 Å². The second-order valence-corrected chi connectivity index (χ2v) is 38.8. The van der Waals surface area contributed by atoms with Crippen molar-refractivity contribution in [1.82, 2.24) is 0 Å². The Morgan fingerprint density at radius 1 is 0.165 bits per heavy atom. The molecule has 12 rings (SSSR count). The van der Waals surface area contributed by atoms with Crippen molar-refractivity contribution in [2.45, 2.75) is 208 Å². The highest BCUT2D eigenvalue weighted by Crippen LogP contribution is 2.40. The van der Waals surface area contributed by atoms with E-state index in [0.29, 0.717) is 0 Å². The van der Waals surface area contributed by atoms with E-state index in [1.165, 1.54) is 83.0 Å². The summed E-state index contributed by atoms with van der Waals surface area (Å²) in [5.41, 5.74) is 10.1. The fourth-order valence-electron chi connectivity index (χ4n) is 11.7. The van der Waals surface area contributed by atoms with Gasteiger partial charge in [-0.3, -0.25) is 0 Å². The molecule has 1 atom stereocenters. The number of para-hydroxylation sites is 1. The molecule has 0 amide bonds. The standard InChI is InChI=1S/C36H43OS.C32H35OS.C29H29OS/c1-34(2,3)26-10-16-29(17-11-26)37-30-18-24-33(25-19-30)38(31-20-12-27(13-21-31)35(4,5)6)32-22-14-28(15-23-32)36(7,8)9;1-31(2,3)24-12-18-28(19-13-24)34(29-20-14-25(15-21-29)32(4,5)6)30-22-16-27(17-23-30)33-26-10-8-7-9-11-26;1-22-10-14-24(15-11-22)30-25-16-20-28(21-17-25)31(26-8-6-5-7-9-26)27-18-12-23(13-19-27)29(2,3)4/h10-25H,1-9H3;7-23H,1-6H3;5-21H,1-4H3/q3*+1. The van der Waals surface area contributed by atoms with Crippen LogP contribution in [0, 0.1) is 6.92 Å². The molecule has 12 aromatic carbocycles. The van der Waals surface area contributed by atoms with E-state index in [2.05, 4.69) is 392 Å². The van der Waals surface area contributed by atoms with E-state index in [1.807, 2.05) is 42.5 Å². The topological polar surface area (TPSA) is 27.7 Å². The van der Waals surface area contributed by atoms with Gasteiger partial charge in [0.2, 0.25) is 0 Å². The van der Waals surface area contributed by atoms with Crippen molar-refractivity contribution in [1.29, 1.82) is 0 Å². The van der Waals surface area contributed by atoms with Gasteiger partial charge in [-0.1, -0.05) is 252 Å². The molecule has 0 aliphatic carbocycles. The summed E-state index contributed by atoms with van der Waals surface area (Å²) < 4.78 is 18.3. The smallest absolute Gasteiger partial charge is 0.166 e. The Hall–Kier alpha value is -8.91. The minimum Gasteiger partial charge on any atom is -0.457 e. The average molecular weight is 1420 g/mol. The summed E-state index contributed by atoms with van der Waals surface area (Å²) in [4.78, 5) is 11.8. The van der Waals surface area contributed by atoms with Gasteiger partial charge in [-0.2, -0.15) is 0 Å². The van der Waals surface area contributed by atoms with Crippen LogP contribution in [-0.2, 0) is 65.2 Å².